The molecule has 3 N–H and O–H groups in total. The topological polar surface area (TPSA) is 237 Å². The molecule has 0 aliphatic carbocycles. The molecule has 0 aromatic heterocycles. The fraction of sp³-hybridized carbons (Fsp3) is 0.899. The van der Waals surface area contributed by atoms with Gasteiger partial charge in [0.1, 0.15) is 19.3 Å². The highest BCUT2D eigenvalue weighted by molar-refractivity contribution is 7.47. The molecule has 0 heterocycles. The summed E-state index contributed by atoms with van der Waals surface area (Å²) < 4.78 is 68.5. The Kier molecular flexibility index (Phi) is 67.2. The van der Waals surface area contributed by atoms with Gasteiger partial charge < -0.3 is 33.8 Å². The first-order valence-corrected chi connectivity index (χ1v) is 43.2. The molecule has 98 heavy (non-hydrogen) atoms. The lowest BCUT2D eigenvalue weighted by molar-refractivity contribution is -0.161. The molecule has 0 aromatic rings. The van der Waals surface area contributed by atoms with E-state index < -0.39 is 97.5 Å². The van der Waals surface area contributed by atoms with Crippen molar-refractivity contribution in [2.75, 3.05) is 39.6 Å². The van der Waals surface area contributed by atoms with Crippen LogP contribution in [-0.4, -0.2) is 96.7 Å². The van der Waals surface area contributed by atoms with Crippen LogP contribution in [0.5, 0.6) is 0 Å². The van der Waals surface area contributed by atoms with Gasteiger partial charge in [0.05, 0.1) is 26.4 Å². The fourth-order valence-electron chi connectivity index (χ4n) is 11.5. The van der Waals surface area contributed by atoms with Gasteiger partial charge in [0, 0.05) is 25.7 Å². The molecule has 0 spiro atoms. The molecule has 17 nitrogen and oxygen atoms in total. The number of rotatable bonds is 75. The first kappa shape index (κ1) is 95.5. The maximum absolute atomic E-state index is 13.1. The Bertz CT molecular complexity index is 2000. The van der Waals surface area contributed by atoms with Gasteiger partial charge in [-0.25, -0.2) is 9.13 Å². The molecule has 0 aliphatic rings. The number of carbonyl (C=O) groups excluding carboxylic acids is 4. The summed E-state index contributed by atoms with van der Waals surface area (Å²) in [5.74, 6) is 0.168. The van der Waals surface area contributed by atoms with Crippen molar-refractivity contribution in [1.29, 1.82) is 0 Å². The molecular formula is C79H150O17P2. The van der Waals surface area contributed by atoms with Crippen molar-refractivity contribution in [3.63, 3.8) is 0 Å². The van der Waals surface area contributed by atoms with Gasteiger partial charge in [-0.2, -0.15) is 0 Å². The molecule has 0 bridgehead atoms. The Balaban J connectivity index is 5.26. The summed E-state index contributed by atoms with van der Waals surface area (Å²) in [6, 6.07) is 0. The fourth-order valence-corrected chi connectivity index (χ4v) is 13.1. The van der Waals surface area contributed by atoms with Gasteiger partial charge in [-0.05, 0) is 69.1 Å². The highest BCUT2D eigenvalue weighted by atomic mass is 31.2. The average Bonchev–Trinajstić information content (AvgIpc) is 0.977. The summed E-state index contributed by atoms with van der Waals surface area (Å²) >= 11 is 0. The Morgan fingerprint density at radius 2 is 0.602 bits per heavy atom. The van der Waals surface area contributed by atoms with Crippen LogP contribution in [0, 0.1) is 17.8 Å². The zero-order valence-electron chi connectivity index (χ0n) is 63.7. The summed E-state index contributed by atoms with van der Waals surface area (Å²) in [5, 5.41) is 10.6. The number of aliphatic hydroxyl groups excluding tert-OH is 1. The number of aliphatic hydroxyl groups is 1. The summed E-state index contributed by atoms with van der Waals surface area (Å²) in [7, 11) is -9.93. The number of allylic oxidation sites excluding steroid dienone is 4. The SMILES string of the molecule is CCCCCC/C=C\C=C/CCCCCCCC(=O)OC[C@H](COP(=O)(O)OC[C@@H](O)COP(=O)(O)OC[C@@H](COC(=O)CCCCCCCCC(C)CC)OC(=O)CCCCCCCCCCC(C)CC)OC(=O)CCCCCCCCCCCCCCCCCCCCC(C)C. The van der Waals surface area contributed by atoms with Gasteiger partial charge in [0.15, 0.2) is 12.2 Å². The lowest BCUT2D eigenvalue weighted by Gasteiger charge is -2.21. The predicted molar refractivity (Wildman–Crippen MR) is 400 cm³/mol. The molecule has 0 radical (unpaired) electrons. The Labute approximate surface area is 599 Å². The molecule has 0 saturated heterocycles. The van der Waals surface area contributed by atoms with E-state index in [1.165, 1.54) is 167 Å². The molecule has 0 aliphatic heterocycles. The largest absolute Gasteiger partial charge is 0.472 e. The highest BCUT2D eigenvalue weighted by Crippen LogP contribution is 2.45. The second kappa shape index (κ2) is 68.9. The van der Waals surface area contributed by atoms with Gasteiger partial charge in [0.25, 0.3) is 0 Å². The number of hydrogen-bond acceptors (Lipinski definition) is 15. The third-order valence-electron chi connectivity index (χ3n) is 18.5. The minimum Gasteiger partial charge on any atom is -0.462 e. The Morgan fingerprint density at radius 3 is 0.908 bits per heavy atom. The Morgan fingerprint density at radius 1 is 0.337 bits per heavy atom. The summed E-state index contributed by atoms with van der Waals surface area (Å²) in [6.07, 6.45) is 59.2. The molecule has 0 aromatic carbocycles. The van der Waals surface area contributed by atoms with E-state index in [1.807, 2.05) is 0 Å². The summed E-state index contributed by atoms with van der Waals surface area (Å²) in [4.78, 5) is 72.9. The number of carbonyl (C=O) groups is 4. The number of phosphoric acid groups is 2. The van der Waals surface area contributed by atoms with Crippen LogP contribution in [0.1, 0.15) is 382 Å². The van der Waals surface area contributed by atoms with E-state index in [4.69, 9.17) is 37.0 Å². The number of unbranched alkanes of at least 4 members (excludes halogenated alkanes) is 38. The van der Waals surface area contributed by atoms with Crippen molar-refractivity contribution in [2.45, 2.75) is 401 Å². The molecular weight excluding hydrogens is 1280 g/mol. The van der Waals surface area contributed by atoms with Crippen LogP contribution >= 0.6 is 15.6 Å². The zero-order valence-corrected chi connectivity index (χ0v) is 65.5. The van der Waals surface area contributed by atoms with E-state index in [2.05, 4.69) is 72.8 Å². The molecule has 0 rings (SSSR count). The first-order valence-electron chi connectivity index (χ1n) is 40.2. The Hall–Kier alpha value is -2.46. The zero-order chi connectivity index (χ0) is 72.3. The quantitative estimate of drug-likeness (QED) is 0.0169. The standard InChI is InChI=1S/C79H150O17P2/c1-8-11-12-13-14-15-16-17-22-26-29-32-38-46-53-60-76(81)89-66-74(95-78(83)62-55-48-39-33-30-27-24-21-19-18-20-23-25-28-31-36-43-50-57-70(4)5)68-93-97(85,86)91-64-73(80)65-92-98(87,88)94-69-75(67-90-77(82)61-54-47-42-41-45-52-59-72(7)10-3)96-79(84)63-56-49-40-35-34-37-44-51-58-71(6)9-2/h15-17,22,70-75,80H,8-14,18-21,23-69H2,1-7H3,(H,85,86)(H,87,88)/b16-15-,22-17-/t71?,72?,73-,74-,75-/m1/s1. The second-order valence-electron chi connectivity index (χ2n) is 28.7. The van der Waals surface area contributed by atoms with Gasteiger partial charge in [-0.15, -0.1) is 0 Å². The van der Waals surface area contributed by atoms with Crippen LogP contribution in [0.2, 0.25) is 0 Å². The smallest absolute Gasteiger partial charge is 0.462 e. The van der Waals surface area contributed by atoms with Gasteiger partial charge >= 0.3 is 39.5 Å². The lowest BCUT2D eigenvalue weighted by Crippen LogP contribution is -2.30. The minimum atomic E-state index is -4.97. The van der Waals surface area contributed by atoms with Crippen molar-refractivity contribution >= 4 is 39.5 Å². The van der Waals surface area contributed by atoms with Crippen LogP contribution in [-0.2, 0) is 65.4 Å². The molecule has 0 amide bonds. The van der Waals surface area contributed by atoms with Gasteiger partial charge in [-0.3, -0.25) is 37.3 Å². The molecule has 0 saturated carbocycles. The van der Waals surface area contributed by atoms with E-state index in [1.54, 1.807) is 0 Å². The van der Waals surface area contributed by atoms with Crippen molar-refractivity contribution in [3.8, 4) is 0 Å². The van der Waals surface area contributed by atoms with Gasteiger partial charge in [-0.1, -0.05) is 330 Å². The van der Waals surface area contributed by atoms with Crippen LogP contribution in [0.3, 0.4) is 0 Å². The average molecular weight is 1430 g/mol. The summed E-state index contributed by atoms with van der Waals surface area (Å²) in [5.41, 5.74) is 0. The van der Waals surface area contributed by atoms with Crippen LogP contribution in [0.4, 0.5) is 0 Å². The molecule has 4 unspecified atom stereocenters. The molecule has 7 atom stereocenters. The normalized spacial score (nSPS) is 14.7. The monoisotopic (exact) mass is 1430 g/mol. The van der Waals surface area contributed by atoms with Crippen molar-refractivity contribution in [2.24, 2.45) is 17.8 Å². The summed E-state index contributed by atoms with van der Waals surface area (Å²) in [6.45, 7) is 11.8. The maximum atomic E-state index is 13.1. The third-order valence-corrected chi connectivity index (χ3v) is 20.4. The van der Waals surface area contributed by atoms with Crippen LogP contribution < -0.4 is 0 Å². The molecule has 19 heteroatoms. The van der Waals surface area contributed by atoms with Crippen molar-refractivity contribution < 1.29 is 80.2 Å². The van der Waals surface area contributed by atoms with Crippen LogP contribution in [0.25, 0.3) is 0 Å². The molecule has 578 valence electrons. The number of esters is 4. The van der Waals surface area contributed by atoms with E-state index >= 15 is 0 Å². The van der Waals surface area contributed by atoms with Crippen LogP contribution in [0.15, 0.2) is 24.3 Å². The number of phosphoric ester groups is 2. The van der Waals surface area contributed by atoms with E-state index in [-0.39, 0.29) is 25.7 Å². The number of hydrogen-bond donors (Lipinski definition) is 3. The van der Waals surface area contributed by atoms with Crippen molar-refractivity contribution in [3.05, 3.63) is 24.3 Å². The maximum Gasteiger partial charge on any atom is 0.472 e. The minimum absolute atomic E-state index is 0.101. The lowest BCUT2D eigenvalue weighted by atomic mass is 9.99. The van der Waals surface area contributed by atoms with Gasteiger partial charge in [0.2, 0.25) is 0 Å². The van der Waals surface area contributed by atoms with Crippen molar-refractivity contribution in [1.82, 2.24) is 0 Å². The van der Waals surface area contributed by atoms with E-state index in [0.29, 0.717) is 25.7 Å². The number of ether oxygens (including phenoxy) is 4. The third kappa shape index (κ3) is 69.3. The van der Waals surface area contributed by atoms with E-state index in [0.717, 1.165) is 133 Å². The first-order chi connectivity index (χ1) is 47.3. The van der Waals surface area contributed by atoms with E-state index in [9.17, 15) is 43.2 Å². The highest BCUT2D eigenvalue weighted by Gasteiger charge is 2.30. The predicted octanol–water partition coefficient (Wildman–Crippen LogP) is 22.9. The second-order valence-corrected chi connectivity index (χ2v) is 31.6. The molecule has 0 fully saturated rings.